The van der Waals surface area contributed by atoms with Gasteiger partial charge in [0.05, 0.1) is 6.54 Å². The summed E-state index contributed by atoms with van der Waals surface area (Å²) in [5.74, 6) is 0.687. The summed E-state index contributed by atoms with van der Waals surface area (Å²) in [6.45, 7) is 4.17. The van der Waals surface area contributed by atoms with Crippen LogP contribution in [-0.2, 0) is 25.9 Å². The highest BCUT2D eigenvalue weighted by Gasteiger charge is 2.23. The number of H-pyrrole nitrogens is 1. The Morgan fingerprint density at radius 2 is 2.17 bits per heavy atom. The van der Waals surface area contributed by atoms with Gasteiger partial charge in [0.2, 0.25) is 0 Å². The Kier molecular flexibility index (Phi) is 6.50. The standard InChI is InChI=1S/C23H28N4O2S/c1-16(12-24-23(28)22-20-7-4-8-21(20)25-26-22)29-19-6-3-5-17(11-19)13-27(2)14-18-9-10-30-15-18/h3,5-6,9-11,15-16H,4,7-8,12-14H2,1-2H3,(H,24,28)(H,25,26). The maximum atomic E-state index is 12.5. The summed E-state index contributed by atoms with van der Waals surface area (Å²) < 4.78 is 6.04. The predicted octanol–water partition coefficient (Wildman–Crippen LogP) is 3.79. The fourth-order valence-electron chi connectivity index (χ4n) is 3.88. The van der Waals surface area contributed by atoms with E-state index in [9.17, 15) is 4.79 Å². The number of aromatic nitrogens is 2. The minimum absolute atomic E-state index is 0.131. The van der Waals surface area contributed by atoms with Gasteiger partial charge in [0, 0.05) is 24.3 Å². The third kappa shape index (κ3) is 5.09. The van der Waals surface area contributed by atoms with E-state index in [-0.39, 0.29) is 12.0 Å². The van der Waals surface area contributed by atoms with Crippen molar-refractivity contribution in [3.05, 3.63) is 69.2 Å². The zero-order chi connectivity index (χ0) is 20.9. The minimum atomic E-state index is -0.139. The molecule has 0 bridgehead atoms. The van der Waals surface area contributed by atoms with Crippen LogP contribution in [0.2, 0.25) is 0 Å². The molecule has 1 unspecified atom stereocenters. The quantitative estimate of drug-likeness (QED) is 0.548. The maximum Gasteiger partial charge on any atom is 0.272 e. The Hall–Kier alpha value is -2.64. The monoisotopic (exact) mass is 424 g/mol. The molecule has 0 radical (unpaired) electrons. The molecule has 1 aliphatic carbocycles. The van der Waals surface area contributed by atoms with Crippen LogP contribution in [0.15, 0.2) is 41.1 Å². The zero-order valence-corrected chi connectivity index (χ0v) is 18.3. The van der Waals surface area contributed by atoms with Gasteiger partial charge in [-0.3, -0.25) is 14.8 Å². The molecule has 4 rings (SSSR count). The highest BCUT2D eigenvalue weighted by Crippen LogP contribution is 2.22. The molecule has 0 saturated heterocycles. The topological polar surface area (TPSA) is 70.2 Å². The Bertz CT molecular complexity index is 983. The van der Waals surface area contributed by atoms with E-state index in [1.807, 2.05) is 19.1 Å². The number of nitrogens with zero attached hydrogens (tertiary/aromatic N) is 2. The summed E-state index contributed by atoms with van der Waals surface area (Å²) in [5, 5.41) is 14.4. The number of benzene rings is 1. The van der Waals surface area contributed by atoms with Crippen molar-refractivity contribution in [3.63, 3.8) is 0 Å². The summed E-state index contributed by atoms with van der Waals surface area (Å²) in [4.78, 5) is 14.8. The smallest absolute Gasteiger partial charge is 0.272 e. The largest absolute Gasteiger partial charge is 0.489 e. The number of carbonyl (C=O) groups excluding carboxylic acids is 1. The molecule has 1 aliphatic rings. The normalized spacial score (nSPS) is 14.0. The molecule has 158 valence electrons. The Morgan fingerprint density at radius 1 is 1.30 bits per heavy atom. The van der Waals surface area contributed by atoms with Crippen LogP contribution in [-0.4, -0.2) is 40.7 Å². The van der Waals surface area contributed by atoms with E-state index in [2.05, 4.69) is 56.4 Å². The molecular formula is C23H28N4O2S. The van der Waals surface area contributed by atoms with Crippen molar-refractivity contribution in [1.29, 1.82) is 0 Å². The van der Waals surface area contributed by atoms with Crippen molar-refractivity contribution in [2.45, 2.75) is 45.4 Å². The summed E-state index contributed by atoms with van der Waals surface area (Å²) in [7, 11) is 2.12. The van der Waals surface area contributed by atoms with Gasteiger partial charge in [-0.15, -0.1) is 0 Å². The Morgan fingerprint density at radius 3 is 3.00 bits per heavy atom. The lowest BCUT2D eigenvalue weighted by Gasteiger charge is -2.18. The second kappa shape index (κ2) is 9.45. The number of thiophene rings is 1. The Balaban J connectivity index is 1.27. The molecule has 2 N–H and O–H groups in total. The number of hydrogen-bond donors (Lipinski definition) is 2. The van der Waals surface area contributed by atoms with Gasteiger partial charge in [-0.05, 0) is 73.3 Å². The Labute approximate surface area is 181 Å². The van der Waals surface area contributed by atoms with E-state index < -0.39 is 0 Å². The number of amides is 1. The van der Waals surface area contributed by atoms with E-state index in [1.54, 1.807) is 11.3 Å². The molecule has 6 nitrogen and oxygen atoms in total. The van der Waals surface area contributed by atoms with Crippen molar-refractivity contribution in [1.82, 2.24) is 20.4 Å². The van der Waals surface area contributed by atoms with Crippen LogP contribution in [0.5, 0.6) is 5.75 Å². The fourth-order valence-corrected chi connectivity index (χ4v) is 4.54. The number of rotatable bonds is 9. The van der Waals surface area contributed by atoms with Crippen molar-refractivity contribution in [2.75, 3.05) is 13.6 Å². The van der Waals surface area contributed by atoms with Crippen LogP contribution in [0.25, 0.3) is 0 Å². The third-order valence-electron chi connectivity index (χ3n) is 5.29. The lowest BCUT2D eigenvalue weighted by molar-refractivity contribution is 0.0926. The van der Waals surface area contributed by atoms with Crippen molar-refractivity contribution in [2.24, 2.45) is 0 Å². The SMILES string of the molecule is CC(CNC(=O)c1n[nH]c2c1CCC2)Oc1cccc(CN(C)Cc2ccsc2)c1. The van der Waals surface area contributed by atoms with Gasteiger partial charge in [0.25, 0.3) is 5.91 Å². The highest BCUT2D eigenvalue weighted by atomic mass is 32.1. The number of fused-ring (bicyclic) bond motifs is 1. The zero-order valence-electron chi connectivity index (χ0n) is 17.5. The number of ether oxygens (including phenoxy) is 1. The van der Waals surface area contributed by atoms with Crippen molar-refractivity contribution in [3.8, 4) is 5.75 Å². The second-order valence-corrected chi connectivity index (χ2v) is 8.75. The molecule has 7 heteroatoms. The molecule has 30 heavy (non-hydrogen) atoms. The van der Waals surface area contributed by atoms with Gasteiger partial charge in [0.15, 0.2) is 5.69 Å². The van der Waals surface area contributed by atoms with Gasteiger partial charge in [-0.2, -0.15) is 16.4 Å². The van der Waals surface area contributed by atoms with Crippen LogP contribution in [0.4, 0.5) is 0 Å². The number of carbonyl (C=O) groups is 1. The van der Waals surface area contributed by atoms with Crippen LogP contribution < -0.4 is 10.1 Å². The second-order valence-electron chi connectivity index (χ2n) is 7.97. The first-order valence-corrected chi connectivity index (χ1v) is 11.3. The summed E-state index contributed by atoms with van der Waals surface area (Å²) >= 11 is 1.73. The molecule has 0 spiro atoms. The number of nitrogens with one attached hydrogen (secondary N) is 2. The number of hydrogen-bond acceptors (Lipinski definition) is 5. The van der Waals surface area contributed by atoms with Crippen LogP contribution in [0, 0.1) is 0 Å². The lowest BCUT2D eigenvalue weighted by atomic mass is 10.2. The molecule has 1 amide bonds. The molecule has 0 aliphatic heterocycles. The van der Waals surface area contributed by atoms with Crippen LogP contribution in [0.3, 0.4) is 0 Å². The van der Waals surface area contributed by atoms with E-state index in [4.69, 9.17) is 4.74 Å². The molecule has 1 atom stereocenters. The summed E-state index contributed by atoms with van der Waals surface area (Å²) in [5.41, 5.74) is 5.24. The van der Waals surface area contributed by atoms with Gasteiger partial charge in [-0.1, -0.05) is 12.1 Å². The predicted molar refractivity (Wildman–Crippen MR) is 119 cm³/mol. The molecule has 2 aromatic heterocycles. The first-order chi connectivity index (χ1) is 14.6. The van der Waals surface area contributed by atoms with Crippen LogP contribution >= 0.6 is 11.3 Å². The van der Waals surface area contributed by atoms with Gasteiger partial charge >= 0.3 is 0 Å². The number of aromatic amines is 1. The molecule has 1 aromatic carbocycles. The lowest BCUT2D eigenvalue weighted by Crippen LogP contribution is -2.34. The third-order valence-corrected chi connectivity index (χ3v) is 6.02. The van der Waals surface area contributed by atoms with Gasteiger partial charge in [0.1, 0.15) is 11.9 Å². The van der Waals surface area contributed by atoms with E-state index in [0.717, 1.165) is 49.4 Å². The molecular weight excluding hydrogens is 396 g/mol. The van der Waals surface area contributed by atoms with Gasteiger partial charge in [-0.25, -0.2) is 0 Å². The first kappa shape index (κ1) is 20.6. The highest BCUT2D eigenvalue weighted by molar-refractivity contribution is 7.07. The van der Waals surface area contributed by atoms with E-state index in [1.165, 1.54) is 11.1 Å². The fraction of sp³-hybridized carbons (Fsp3) is 0.391. The minimum Gasteiger partial charge on any atom is -0.489 e. The van der Waals surface area contributed by atoms with Crippen molar-refractivity contribution >= 4 is 17.2 Å². The molecule has 0 fully saturated rings. The van der Waals surface area contributed by atoms with Gasteiger partial charge < -0.3 is 10.1 Å². The van der Waals surface area contributed by atoms with E-state index >= 15 is 0 Å². The summed E-state index contributed by atoms with van der Waals surface area (Å²) in [6, 6.07) is 10.3. The van der Waals surface area contributed by atoms with Crippen LogP contribution in [0.1, 0.15) is 46.2 Å². The summed E-state index contributed by atoms with van der Waals surface area (Å²) in [6.07, 6.45) is 2.85. The average Bonchev–Trinajstić information content (AvgIpc) is 3.44. The average molecular weight is 425 g/mol. The van der Waals surface area contributed by atoms with Crippen molar-refractivity contribution < 1.29 is 9.53 Å². The number of aryl methyl sites for hydroxylation is 1. The molecule has 0 saturated carbocycles. The molecule has 2 heterocycles. The van der Waals surface area contributed by atoms with E-state index in [0.29, 0.717) is 12.2 Å². The maximum absolute atomic E-state index is 12.5. The first-order valence-electron chi connectivity index (χ1n) is 10.4. The molecule has 3 aromatic rings.